The molecule has 0 aliphatic carbocycles. The van der Waals surface area contributed by atoms with Gasteiger partial charge in [0.1, 0.15) is 5.60 Å². The van der Waals surface area contributed by atoms with Gasteiger partial charge in [0, 0.05) is 24.9 Å². The average molecular weight is 479 g/mol. The van der Waals surface area contributed by atoms with Gasteiger partial charge in [-0.1, -0.05) is 65.0 Å². The van der Waals surface area contributed by atoms with E-state index in [2.05, 4.69) is 49.2 Å². The molecule has 35 heavy (non-hydrogen) atoms. The molecule has 1 heterocycles. The Balaban J connectivity index is 0.00000210. The smallest absolute Gasteiger partial charge is 0.320 e. The van der Waals surface area contributed by atoms with Crippen LogP contribution in [0.15, 0.2) is 48.5 Å². The van der Waals surface area contributed by atoms with Crippen LogP contribution in [-0.2, 0) is 32.7 Å². The number of amides is 1. The maximum atomic E-state index is 12.5. The largest absolute Gasteiger partial charge is 0.459 e. The van der Waals surface area contributed by atoms with E-state index in [9.17, 15) is 9.59 Å². The lowest BCUT2D eigenvalue weighted by Crippen LogP contribution is -2.38. The first-order valence-electron chi connectivity index (χ1n) is 12.5. The minimum atomic E-state index is -0.482. The van der Waals surface area contributed by atoms with Gasteiger partial charge in [-0.3, -0.25) is 14.5 Å². The molecule has 0 fully saturated rings. The van der Waals surface area contributed by atoms with Crippen molar-refractivity contribution in [3.63, 3.8) is 0 Å². The number of nitrogens with one attached hydrogen (secondary N) is 1. The van der Waals surface area contributed by atoms with Gasteiger partial charge in [-0.25, -0.2) is 0 Å². The summed E-state index contributed by atoms with van der Waals surface area (Å²) < 4.78 is 5.45. The highest BCUT2D eigenvalue weighted by Crippen LogP contribution is 2.24. The third-order valence-electron chi connectivity index (χ3n) is 5.54. The summed E-state index contributed by atoms with van der Waals surface area (Å²) in [4.78, 5) is 26.7. The number of fused-ring (bicyclic) bond motifs is 1. The molecular weight excluding hydrogens is 436 g/mol. The standard InChI is InChI=1S/C28H36N2O3.C2H6/c1-27(2,3)23-11-7-20(8-12-23)9-14-25(31)29-24-13-10-21-15-16-30(18-22(21)17-24)19-26(32)33-28(4,5)6;1-2/h7-14,17H,15-16,18-19H2,1-6H3,(H,29,31);1-2H3/b14-9+;. The summed E-state index contributed by atoms with van der Waals surface area (Å²) in [6.45, 7) is 17.9. The van der Waals surface area contributed by atoms with Crippen LogP contribution in [0, 0.1) is 0 Å². The van der Waals surface area contributed by atoms with E-state index in [1.807, 2.05) is 65.0 Å². The van der Waals surface area contributed by atoms with Crippen molar-refractivity contribution < 1.29 is 14.3 Å². The van der Waals surface area contributed by atoms with Crippen LogP contribution in [0.4, 0.5) is 5.69 Å². The normalized spacial score (nSPS) is 14.1. The van der Waals surface area contributed by atoms with Crippen molar-refractivity contribution in [2.75, 3.05) is 18.4 Å². The van der Waals surface area contributed by atoms with Gasteiger partial charge >= 0.3 is 5.97 Å². The molecule has 1 aliphatic heterocycles. The fraction of sp³-hybridized carbons (Fsp3) is 0.467. The Hall–Kier alpha value is -2.92. The quantitative estimate of drug-likeness (QED) is 0.401. The second-order valence-electron chi connectivity index (χ2n) is 10.7. The summed E-state index contributed by atoms with van der Waals surface area (Å²) in [6.07, 6.45) is 4.25. The van der Waals surface area contributed by atoms with Crippen molar-refractivity contribution in [3.8, 4) is 0 Å². The van der Waals surface area contributed by atoms with E-state index in [4.69, 9.17) is 4.74 Å². The number of carbonyl (C=O) groups is 2. The number of benzene rings is 2. The van der Waals surface area contributed by atoms with E-state index < -0.39 is 5.60 Å². The third-order valence-corrected chi connectivity index (χ3v) is 5.54. The number of hydrogen-bond acceptors (Lipinski definition) is 4. The Morgan fingerprint density at radius 3 is 2.23 bits per heavy atom. The molecule has 0 aromatic heterocycles. The number of esters is 1. The van der Waals surface area contributed by atoms with Crippen LogP contribution in [0.25, 0.3) is 6.08 Å². The molecule has 3 rings (SSSR count). The Morgan fingerprint density at radius 2 is 1.63 bits per heavy atom. The lowest BCUT2D eigenvalue weighted by atomic mass is 9.87. The molecule has 0 radical (unpaired) electrons. The maximum Gasteiger partial charge on any atom is 0.320 e. The molecule has 1 amide bonds. The van der Waals surface area contributed by atoms with Gasteiger partial charge in [0.25, 0.3) is 0 Å². The second-order valence-corrected chi connectivity index (χ2v) is 10.7. The molecule has 2 aromatic rings. The maximum absolute atomic E-state index is 12.5. The molecule has 190 valence electrons. The fourth-order valence-electron chi connectivity index (χ4n) is 3.83. The minimum absolute atomic E-state index is 0.106. The van der Waals surface area contributed by atoms with Crippen molar-refractivity contribution in [3.05, 3.63) is 70.8 Å². The molecule has 5 nitrogen and oxygen atoms in total. The summed E-state index contributed by atoms with van der Waals surface area (Å²) in [7, 11) is 0. The van der Waals surface area contributed by atoms with Crippen molar-refractivity contribution >= 4 is 23.6 Å². The molecular formula is C30H42N2O3. The van der Waals surface area contributed by atoms with Crippen LogP contribution < -0.4 is 5.32 Å². The van der Waals surface area contributed by atoms with Crippen LogP contribution >= 0.6 is 0 Å². The summed E-state index contributed by atoms with van der Waals surface area (Å²) >= 11 is 0. The molecule has 0 saturated carbocycles. The fourth-order valence-corrected chi connectivity index (χ4v) is 3.83. The molecule has 0 atom stereocenters. The van der Waals surface area contributed by atoms with Crippen molar-refractivity contribution in [1.29, 1.82) is 0 Å². The lowest BCUT2D eigenvalue weighted by molar-refractivity contribution is -0.156. The molecule has 0 spiro atoms. The SMILES string of the molecule is CC.CC(C)(C)OC(=O)CN1CCc2ccc(NC(=O)/C=C/c3ccc(C(C)(C)C)cc3)cc2C1. The van der Waals surface area contributed by atoms with E-state index in [0.29, 0.717) is 6.54 Å². The van der Waals surface area contributed by atoms with Gasteiger partial charge in [0.15, 0.2) is 0 Å². The van der Waals surface area contributed by atoms with E-state index in [1.54, 1.807) is 6.08 Å². The highest BCUT2D eigenvalue weighted by molar-refractivity contribution is 6.02. The van der Waals surface area contributed by atoms with E-state index >= 15 is 0 Å². The van der Waals surface area contributed by atoms with Crippen LogP contribution in [0.1, 0.15) is 77.6 Å². The van der Waals surface area contributed by atoms with Gasteiger partial charge in [0.2, 0.25) is 5.91 Å². The number of ether oxygens (including phenoxy) is 1. The number of carbonyl (C=O) groups excluding carboxylic acids is 2. The number of nitrogens with zero attached hydrogens (tertiary/aromatic N) is 1. The highest BCUT2D eigenvalue weighted by atomic mass is 16.6. The van der Waals surface area contributed by atoms with Crippen molar-refractivity contribution in [1.82, 2.24) is 4.90 Å². The van der Waals surface area contributed by atoms with Crippen LogP contribution in [0.3, 0.4) is 0 Å². The molecule has 5 heteroatoms. The van der Waals surface area contributed by atoms with Gasteiger partial charge in [-0.05, 0) is 73.1 Å². The van der Waals surface area contributed by atoms with E-state index in [0.717, 1.165) is 29.8 Å². The van der Waals surface area contributed by atoms with Gasteiger partial charge in [-0.2, -0.15) is 0 Å². The van der Waals surface area contributed by atoms with Crippen LogP contribution in [-0.4, -0.2) is 35.5 Å². The molecule has 0 unspecified atom stereocenters. The van der Waals surface area contributed by atoms with Gasteiger partial charge in [0.05, 0.1) is 6.54 Å². The molecule has 1 N–H and O–H groups in total. The number of rotatable bonds is 5. The summed E-state index contributed by atoms with van der Waals surface area (Å²) in [5, 5.41) is 2.95. The Morgan fingerprint density at radius 1 is 0.971 bits per heavy atom. The zero-order chi connectivity index (χ0) is 26.2. The number of anilines is 1. The Labute approximate surface area is 211 Å². The summed E-state index contributed by atoms with van der Waals surface area (Å²) in [6, 6.07) is 14.3. The monoisotopic (exact) mass is 478 g/mol. The van der Waals surface area contributed by atoms with Gasteiger partial charge in [-0.15, -0.1) is 0 Å². The van der Waals surface area contributed by atoms with Crippen molar-refractivity contribution in [2.24, 2.45) is 0 Å². The Kier molecular flexibility index (Phi) is 9.84. The van der Waals surface area contributed by atoms with E-state index in [1.165, 1.54) is 11.1 Å². The van der Waals surface area contributed by atoms with E-state index in [-0.39, 0.29) is 23.8 Å². The number of hydrogen-bond donors (Lipinski definition) is 1. The average Bonchev–Trinajstić information content (AvgIpc) is 2.77. The minimum Gasteiger partial charge on any atom is -0.459 e. The molecule has 1 aliphatic rings. The highest BCUT2D eigenvalue weighted by Gasteiger charge is 2.22. The Bertz CT molecular complexity index is 1030. The van der Waals surface area contributed by atoms with Crippen LogP contribution in [0.5, 0.6) is 0 Å². The summed E-state index contributed by atoms with van der Waals surface area (Å²) in [5.41, 5.74) is 5.01. The predicted octanol–water partition coefficient (Wildman–Crippen LogP) is 6.36. The first-order valence-corrected chi connectivity index (χ1v) is 12.5. The van der Waals surface area contributed by atoms with Crippen molar-refractivity contribution in [2.45, 2.75) is 79.4 Å². The third kappa shape index (κ3) is 9.33. The zero-order valence-corrected chi connectivity index (χ0v) is 22.7. The topological polar surface area (TPSA) is 58.6 Å². The first-order chi connectivity index (χ1) is 16.4. The van der Waals surface area contributed by atoms with Gasteiger partial charge < -0.3 is 10.1 Å². The van der Waals surface area contributed by atoms with Crippen LogP contribution in [0.2, 0.25) is 0 Å². The lowest BCUT2D eigenvalue weighted by Gasteiger charge is -2.29. The molecule has 0 saturated heterocycles. The zero-order valence-electron chi connectivity index (χ0n) is 22.7. The second kappa shape index (κ2) is 12.2. The molecule has 0 bridgehead atoms. The first kappa shape index (κ1) is 28.3. The molecule has 2 aromatic carbocycles. The summed E-state index contributed by atoms with van der Waals surface area (Å²) in [5.74, 6) is -0.382. The predicted molar refractivity (Wildman–Crippen MR) is 145 cm³/mol.